The second-order valence-corrected chi connectivity index (χ2v) is 8.58. The fraction of sp³-hybridized carbons (Fsp3) is 0.692. The van der Waals surface area contributed by atoms with E-state index in [4.69, 9.17) is 9.47 Å². The molecule has 2 amide bonds. The zero-order valence-corrected chi connectivity index (χ0v) is 23.2. The van der Waals surface area contributed by atoms with Crippen molar-refractivity contribution in [3.63, 3.8) is 0 Å². The van der Waals surface area contributed by atoms with E-state index in [0.29, 0.717) is 11.4 Å². The van der Waals surface area contributed by atoms with Gasteiger partial charge in [-0.2, -0.15) is 0 Å². The first-order chi connectivity index (χ1) is 16.6. The molecule has 2 aliphatic heterocycles. The SMILES string of the molecule is CC.CC.CC(C)(C)OC(=O)NC[C@H]1CN(c2ccc(N3CCNCC3)c(F)c2)C(=O)O1.CCC. The Morgan fingerprint density at radius 2 is 1.74 bits per heavy atom. The summed E-state index contributed by atoms with van der Waals surface area (Å²) < 4.78 is 25.0. The molecule has 0 radical (unpaired) electrons. The van der Waals surface area contributed by atoms with Gasteiger partial charge in [-0.1, -0.05) is 48.0 Å². The van der Waals surface area contributed by atoms with Gasteiger partial charge in [0.1, 0.15) is 17.5 Å². The number of nitrogens with zero attached hydrogens (tertiary/aromatic N) is 2. The minimum Gasteiger partial charge on any atom is -0.444 e. The maximum Gasteiger partial charge on any atom is 0.414 e. The van der Waals surface area contributed by atoms with Crippen LogP contribution in [0.5, 0.6) is 0 Å². The van der Waals surface area contributed by atoms with Crippen molar-refractivity contribution >= 4 is 23.6 Å². The third-order valence-electron chi connectivity index (χ3n) is 4.45. The summed E-state index contributed by atoms with van der Waals surface area (Å²) >= 11 is 0. The van der Waals surface area contributed by atoms with Crippen LogP contribution in [0.2, 0.25) is 0 Å². The number of anilines is 2. The van der Waals surface area contributed by atoms with Gasteiger partial charge < -0.3 is 25.0 Å². The van der Waals surface area contributed by atoms with Crippen molar-refractivity contribution < 1.29 is 23.5 Å². The lowest BCUT2D eigenvalue weighted by molar-refractivity contribution is 0.0496. The third kappa shape index (κ3) is 11.6. The van der Waals surface area contributed by atoms with Gasteiger partial charge >= 0.3 is 12.2 Å². The molecule has 1 aromatic rings. The highest BCUT2D eigenvalue weighted by Gasteiger charge is 2.33. The number of benzene rings is 1. The van der Waals surface area contributed by atoms with Crippen LogP contribution in [0.4, 0.5) is 25.4 Å². The smallest absolute Gasteiger partial charge is 0.414 e. The zero-order valence-electron chi connectivity index (χ0n) is 23.2. The van der Waals surface area contributed by atoms with Crippen molar-refractivity contribution in [2.75, 3.05) is 49.1 Å². The van der Waals surface area contributed by atoms with Gasteiger partial charge in [0.15, 0.2) is 0 Å². The van der Waals surface area contributed by atoms with Crippen LogP contribution in [0.3, 0.4) is 0 Å². The van der Waals surface area contributed by atoms with Crippen LogP contribution in [-0.2, 0) is 9.47 Å². The van der Waals surface area contributed by atoms with E-state index in [1.807, 2.05) is 32.6 Å². The summed E-state index contributed by atoms with van der Waals surface area (Å²) in [6.07, 6.45) is -0.422. The van der Waals surface area contributed by atoms with Gasteiger partial charge in [-0.15, -0.1) is 0 Å². The van der Waals surface area contributed by atoms with Gasteiger partial charge in [-0.25, -0.2) is 14.0 Å². The predicted molar refractivity (Wildman–Crippen MR) is 142 cm³/mol. The van der Waals surface area contributed by atoms with E-state index < -0.39 is 23.9 Å². The Balaban J connectivity index is 0.00000150. The van der Waals surface area contributed by atoms with Crippen LogP contribution in [-0.4, -0.2) is 63.2 Å². The minimum absolute atomic E-state index is 0.124. The standard InChI is InChI=1S/C19H27FN4O4.C3H8.2C2H6/c1-19(2,3)28-17(25)22-11-14-12-24(18(26)27-14)13-4-5-16(15(20)10-13)23-8-6-21-7-9-23;1-3-2;2*1-2/h4-5,10,14,21H,6-9,11-12H2,1-3H3,(H,22,25);3H2,1-2H3;2*1-2H3/t14-;;;/m0.../s1. The fourth-order valence-corrected chi connectivity index (χ4v) is 3.18. The van der Waals surface area contributed by atoms with E-state index in [2.05, 4.69) is 24.5 Å². The van der Waals surface area contributed by atoms with Crippen molar-refractivity contribution in [3.8, 4) is 0 Å². The molecule has 0 spiro atoms. The molecule has 1 atom stereocenters. The molecule has 0 unspecified atom stereocenters. The number of alkyl carbamates (subject to hydrolysis) is 1. The maximum atomic E-state index is 14.6. The molecule has 2 N–H and O–H groups in total. The van der Waals surface area contributed by atoms with E-state index in [9.17, 15) is 14.0 Å². The summed E-state index contributed by atoms with van der Waals surface area (Å²) in [5, 5.41) is 5.82. The molecule has 0 aliphatic carbocycles. The number of cyclic esters (lactones) is 1. The largest absolute Gasteiger partial charge is 0.444 e. The summed E-state index contributed by atoms with van der Waals surface area (Å²) in [5.41, 5.74) is 0.355. The molecular formula is C26H47FN4O4. The average molecular weight is 499 g/mol. The Morgan fingerprint density at radius 1 is 1.17 bits per heavy atom. The molecule has 2 heterocycles. The number of nitrogens with one attached hydrogen (secondary N) is 2. The number of hydrogen-bond acceptors (Lipinski definition) is 6. The molecule has 2 saturated heterocycles. The van der Waals surface area contributed by atoms with Crippen LogP contribution in [0.1, 0.15) is 68.7 Å². The molecule has 8 nitrogen and oxygen atoms in total. The van der Waals surface area contributed by atoms with Crippen LogP contribution >= 0.6 is 0 Å². The highest BCUT2D eigenvalue weighted by molar-refractivity contribution is 5.90. The summed E-state index contributed by atoms with van der Waals surface area (Å²) in [5.74, 6) is -0.373. The van der Waals surface area contributed by atoms with Gasteiger partial charge in [0.25, 0.3) is 0 Å². The van der Waals surface area contributed by atoms with E-state index >= 15 is 0 Å². The molecule has 202 valence electrons. The van der Waals surface area contributed by atoms with Crippen molar-refractivity contribution in [2.24, 2.45) is 0 Å². The monoisotopic (exact) mass is 498 g/mol. The molecule has 3 rings (SSSR count). The Bertz CT molecular complexity index is 749. The van der Waals surface area contributed by atoms with Crippen LogP contribution in [0, 0.1) is 5.82 Å². The van der Waals surface area contributed by atoms with Gasteiger partial charge in [0.05, 0.1) is 24.5 Å². The zero-order chi connectivity index (χ0) is 27.0. The van der Waals surface area contributed by atoms with Gasteiger partial charge in [-0.3, -0.25) is 4.90 Å². The molecule has 0 bridgehead atoms. The molecule has 0 saturated carbocycles. The van der Waals surface area contributed by atoms with Gasteiger partial charge in [-0.05, 0) is 39.0 Å². The van der Waals surface area contributed by atoms with E-state index in [1.165, 1.54) is 17.4 Å². The predicted octanol–water partition coefficient (Wildman–Crippen LogP) is 5.55. The number of halogens is 1. The number of piperazine rings is 1. The molecule has 35 heavy (non-hydrogen) atoms. The maximum absolute atomic E-state index is 14.6. The lowest BCUT2D eigenvalue weighted by atomic mass is 10.2. The first-order valence-corrected chi connectivity index (χ1v) is 12.8. The summed E-state index contributed by atoms with van der Waals surface area (Å²) in [7, 11) is 0. The van der Waals surface area contributed by atoms with Crippen molar-refractivity contribution in [2.45, 2.75) is 80.4 Å². The molecular weight excluding hydrogens is 451 g/mol. The first-order valence-electron chi connectivity index (χ1n) is 12.8. The average Bonchev–Trinajstić information content (AvgIpc) is 3.21. The quantitative estimate of drug-likeness (QED) is 0.566. The Labute approximate surface area is 211 Å². The van der Waals surface area contributed by atoms with Crippen LogP contribution < -0.4 is 20.4 Å². The second kappa shape index (κ2) is 17.0. The van der Waals surface area contributed by atoms with E-state index in [0.717, 1.165) is 26.2 Å². The van der Waals surface area contributed by atoms with E-state index in [-0.39, 0.29) is 18.9 Å². The number of ether oxygens (including phenoxy) is 2. The van der Waals surface area contributed by atoms with Crippen LogP contribution in [0.15, 0.2) is 18.2 Å². The summed E-state index contributed by atoms with van der Waals surface area (Å²) in [6.45, 7) is 21.0. The topological polar surface area (TPSA) is 83.1 Å². The second-order valence-electron chi connectivity index (χ2n) is 8.58. The normalized spacial score (nSPS) is 17.0. The summed E-state index contributed by atoms with van der Waals surface area (Å²) in [4.78, 5) is 27.3. The molecule has 0 aromatic heterocycles. The Hall–Kier alpha value is -2.55. The Morgan fingerprint density at radius 3 is 2.26 bits per heavy atom. The number of rotatable bonds is 4. The molecule has 9 heteroatoms. The van der Waals surface area contributed by atoms with Crippen molar-refractivity contribution in [1.82, 2.24) is 10.6 Å². The molecule has 2 aliphatic rings. The van der Waals surface area contributed by atoms with E-state index in [1.54, 1.807) is 32.9 Å². The lowest BCUT2D eigenvalue weighted by Crippen LogP contribution is -2.43. The lowest BCUT2D eigenvalue weighted by Gasteiger charge is -2.30. The number of hydrogen-bond donors (Lipinski definition) is 2. The molecule has 1 aromatic carbocycles. The number of amides is 2. The third-order valence-corrected chi connectivity index (χ3v) is 4.45. The van der Waals surface area contributed by atoms with Gasteiger partial charge in [0.2, 0.25) is 0 Å². The first kappa shape index (κ1) is 32.5. The van der Waals surface area contributed by atoms with Gasteiger partial charge in [0, 0.05) is 26.2 Å². The highest BCUT2D eigenvalue weighted by atomic mass is 19.1. The van der Waals surface area contributed by atoms with Crippen molar-refractivity contribution in [3.05, 3.63) is 24.0 Å². The fourth-order valence-electron chi connectivity index (χ4n) is 3.18. The van der Waals surface area contributed by atoms with Crippen molar-refractivity contribution in [1.29, 1.82) is 0 Å². The molecule has 2 fully saturated rings. The van der Waals surface area contributed by atoms with Crippen LogP contribution in [0.25, 0.3) is 0 Å². The summed E-state index contributed by atoms with van der Waals surface area (Å²) in [6, 6.07) is 4.75. The number of carbonyl (C=O) groups is 2. The Kier molecular flexibility index (Phi) is 15.7. The highest BCUT2D eigenvalue weighted by Crippen LogP contribution is 2.28. The minimum atomic E-state index is -0.605. The number of carbonyl (C=O) groups excluding carboxylic acids is 2.